The zero-order chi connectivity index (χ0) is 15.0. The first-order chi connectivity index (χ1) is 10.0. The number of amides is 1. The third-order valence-electron chi connectivity index (χ3n) is 5.44. The number of fused-ring (bicyclic) bond motifs is 2. The maximum absolute atomic E-state index is 12.4. The van der Waals surface area contributed by atoms with Crippen LogP contribution in [-0.4, -0.2) is 26.0 Å². The Balaban J connectivity index is 1.60. The minimum Gasteiger partial charge on any atom is -0.378 e. The van der Waals surface area contributed by atoms with Crippen LogP contribution in [0.2, 0.25) is 0 Å². The van der Waals surface area contributed by atoms with Crippen LogP contribution in [0.3, 0.4) is 0 Å². The third kappa shape index (κ3) is 2.92. The molecule has 0 aliphatic heterocycles. The summed E-state index contributed by atoms with van der Waals surface area (Å²) >= 11 is 0. The Morgan fingerprint density at radius 2 is 1.90 bits per heavy atom. The quantitative estimate of drug-likeness (QED) is 0.921. The lowest BCUT2D eigenvalue weighted by Crippen LogP contribution is -2.40. The lowest BCUT2D eigenvalue weighted by atomic mass is 9.84. The van der Waals surface area contributed by atoms with Crippen molar-refractivity contribution in [1.29, 1.82) is 0 Å². The molecule has 0 unspecified atom stereocenters. The van der Waals surface area contributed by atoms with Gasteiger partial charge in [-0.15, -0.1) is 0 Å². The molecule has 2 aliphatic rings. The first-order valence-electron chi connectivity index (χ1n) is 8.13. The molecule has 0 radical (unpaired) electrons. The topological polar surface area (TPSA) is 32.3 Å². The zero-order valence-electron chi connectivity index (χ0n) is 13.3. The van der Waals surface area contributed by atoms with Crippen LogP contribution < -0.4 is 10.2 Å². The molecule has 1 amide bonds. The molecule has 2 bridgehead atoms. The highest BCUT2D eigenvalue weighted by molar-refractivity contribution is 5.94. The molecule has 2 aliphatic carbocycles. The molecule has 114 valence electrons. The van der Waals surface area contributed by atoms with E-state index in [1.807, 2.05) is 43.3 Å². The summed E-state index contributed by atoms with van der Waals surface area (Å²) in [6.07, 6.45) is 5.48. The minimum absolute atomic E-state index is 0.0654. The molecule has 3 rings (SSSR count). The van der Waals surface area contributed by atoms with Gasteiger partial charge in [-0.2, -0.15) is 0 Å². The van der Waals surface area contributed by atoms with Crippen molar-refractivity contribution in [3.8, 4) is 0 Å². The minimum atomic E-state index is 0.0654. The predicted octanol–water partition coefficient (Wildman–Crippen LogP) is 3.31. The van der Waals surface area contributed by atoms with E-state index in [2.05, 4.69) is 12.2 Å². The largest absolute Gasteiger partial charge is 0.378 e. The van der Waals surface area contributed by atoms with E-state index in [4.69, 9.17) is 0 Å². The average Bonchev–Trinajstić information content (AvgIpc) is 3.10. The monoisotopic (exact) mass is 286 g/mol. The molecule has 2 saturated carbocycles. The van der Waals surface area contributed by atoms with Crippen LogP contribution in [0.25, 0.3) is 0 Å². The number of benzene rings is 1. The fourth-order valence-corrected chi connectivity index (χ4v) is 4.21. The van der Waals surface area contributed by atoms with Crippen LogP contribution in [0, 0.1) is 17.8 Å². The molecule has 0 spiro atoms. The Morgan fingerprint density at radius 1 is 1.19 bits per heavy atom. The van der Waals surface area contributed by atoms with Crippen LogP contribution >= 0.6 is 0 Å². The van der Waals surface area contributed by atoms with Crippen LogP contribution in [0.4, 0.5) is 5.69 Å². The Morgan fingerprint density at radius 3 is 2.43 bits per heavy atom. The van der Waals surface area contributed by atoms with E-state index in [-0.39, 0.29) is 5.91 Å². The van der Waals surface area contributed by atoms with E-state index in [1.165, 1.54) is 25.7 Å². The third-order valence-corrected chi connectivity index (χ3v) is 5.44. The molecule has 1 aromatic carbocycles. The van der Waals surface area contributed by atoms with Gasteiger partial charge in [0.1, 0.15) is 0 Å². The van der Waals surface area contributed by atoms with Crippen LogP contribution in [0.1, 0.15) is 43.0 Å². The van der Waals surface area contributed by atoms with Gasteiger partial charge in [-0.3, -0.25) is 4.79 Å². The molecule has 0 saturated heterocycles. The van der Waals surface area contributed by atoms with Crippen molar-refractivity contribution in [3.05, 3.63) is 29.8 Å². The fourth-order valence-electron chi connectivity index (χ4n) is 4.21. The number of carbonyl (C=O) groups excluding carboxylic acids is 1. The predicted molar refractivity (Wildman–Crippen MR) is 86.6 cm³/mol. The van der Waals surface area contributed by atoms with Gasteiger partial charge in [-0.05, 0) is 68.2 Å². The van der Waals surface area contributed by atoms with Gasteiger partial charge < -0.3 is 10.2 Å². The molecule has 1 N–H and O–H groups in total. The van der Waals surface area contributed by atoms with Gasteiger partial charge >= 0.3 is 0 Å². The maximum atomic E-state index is 12.4. The zero-order valence-corrected chi connectivity index (χ0v) is 13.3. The van der Waals surface area contributed by atoms with E-state index in [0.717, 1.165) is 23.1 Å². The van der Waals surface area contributed by atoms with E-state index in [0.29, 0.717) is 12.0 Å². The van der Waals surface area contributed by atoms with Crippen molar-refractivity contribution < 1.29 is 4.79 Å². The molecular formula is C18H26N2O. The summed E-state index contributed by atoms with van der Waals surface area (Å²) in [6, 6.07) is 8.12. The molecule has 0 heterocycles. The van der Waals surface area contributed by atoms with Crippen LogP contribution in [-0.2, 0) is 0 Å². The van der Waals surface area contributed by atoms with Crippen molar-refractivity contribution in [2.75, 3.05) is 19.0 Å². The van der Waals surface area contributed by atoms with Crippen molar-refractivity contribution >= 4 is 11.6 Å². The maximum Gasteiger partial charge on any atom is 0.251 e. The molecule has 21 heavy (non-hydrogen) atoms. The standard InChI is InChI=1S/C18H26N2O/c1-12(17-11-13-4-5-15(17)10-13)19-18(21)14-6-8-16(9-7-14)20(2)3/h6-9,12-13,15,17H,4-5,10-11H2,1-3H3,(H,19,21)/t12-,13+,15+,17-/m1/s1. The van der Waals surface area contributed by atoms with Gasteiger partial charge in [0, 0.05) is 31.4 Å². The first kappa shape index (κ1) is 14.4. The number of hydrogen-bond donors (Lipinski definition) is 1. The molecule has 3 heteroatoms. The summed E-state index contributed by atoms with van der Waals surface area (Å²) in [6.45, 7) is 2.18. The molecular weight excluding hydrogens is 260 g/mol. The smallest absolute Gasteiger partial charge is 0.251 e. The van der Waals surface area contributed by atoms with Gasteiger partial charge in [0.2, 0.25) is 0 Å². The van der Waals surface area contributed by atoms with Gasteiger partial charge in [0.15, 0.2) is 0 Å². The summed E-state index contributed by atoms with van der Waals surface area (Å²) in [5, 5.41) is 3.22. The highest BCUT2D eigenvalue weighted by Crippen LogP contribution is 2.49. The number of anilines is 1. The van der Waals surface area contributed by atoms with Crippen LogP contribution in [0.15, 0.2) is 24.3 Å². The average molecular weight is 286 g/mol. The van der Waals surface area contributed by atoms with E-state index in [1.54, 1.807) is 0 Å². The normalized spacial score (nSPS) is 28.4. The number of rotatable bonds is 4. The van der Waals surface area contributed by atoms with Crippen molar-refractivity contribution in [3.63, 3.8) is 0 Å². The number of carbonyl (C=O) groups is 1. The highest BCUT2D eigenvalue weighted by atomic mass is 16.1. The highest BCUT2D eigenvalue weighted by Gasteiger charge is 2.42. The molecule has 0 aromatic heterocycles. The molecule has 1 aromatic rings. The van der Waals surface area contributed by atoms with Gasteiger partial charge in [0.25, 0.3) is 5.91 Å². The van der Waals surface area contributed by atoms with Gasteiger partial charge in [0.05, 0.1) is 0 Å². The Labute approximate surface area is 127 Å². The van der Waals surface area contributed by atoms with E-state index >= 15 is 0 Å². The summed E-state index contributed by atoms with van der Waals surface area (Å²) in [5.41, 5.74) is 1.88. The second-order valence-electron chi connectivity index (χ2n) is 7.04. The number of nitrogens with zero attached hydrogens (tertiary/aromatic N) is 1. The molecule has 2 fully saturated rings. The first-order valence-corrected chi connectivity index (χ1v) is 8.13. The summed E-state index contributed by atoms with van der Waals surface area (Å²) in [7, 11) is 4.01. The second-order valence-corrected chi connectivity index (χ2v) is 7.04. The fraction of sp³-hybridized carbons (Fsp3) is 0.611. The molecule has 4 atom stereocenters. The van der Waals surface area contributed by atoms with Crippen LogP contribution in [0.5, 0.6) is 0 Å². The SMILES string of the molecule is C[C@@H](NC(=O)c1ccc(N(C)C)cc1)[C@H]1C[C@H]2CC[C@H]1C2. The Hall–Kier alpha value is -1.51. The summed E-state index contributed by atoms with van der Waals surface area (Å²) in [5.74, 6) is 2.53. The Kier molecular flexibility index (Phi) is 3.92. The lowest BCUT2D eigenvalue weighted by molar-refractivity contribution is 0.0915. The Bertz CT molecular complexity index is 508. The van der Waals surface area contributed by atoms with E-state index in [9.17, 15) is 4.79 Å². The van der Waals surface area contributed by atoms with Crippen molar-refractivity contribution in [2.45, 2.75) is 38.6 Å². The van der Waals surface area contributed by atoms with Crippen molar-refractivity contribution in [1.82, 2.24) is 5.32 Å². The number of nitrogens with one attached hydrogen (secondary N) is 1. The lowest BCUT2D eigenvalue weighted by Gasteiger charge is -2.28. The van der Waals surface area contributed by atoms with E-state index < -0.39 is 0 Å². The number of hydrogen-bond acceptors (Lipinski definition) is 2. The van der Waals surface area contributed by atoms with Crippen molar-refractivity contribution in [2.24, 2.45) is 17.8 Å². The van der Waals surface area contributed by atoms with Gasteiger partial charge in [-0.25, -0.2) is 0 Å². The second kappa shape index (κ2) is 5.70. The molecule has 3 nitrogen and oxygen atoms in total. The van der Waals surface area contributed by atoms with Gasteiger partial charge in [-0.1, -0.05) is 6.42 Å². The summed E-state index contributed by atoms with van der Waals surface area (Å²) < 4.78 is 0. The summed E-state index contributed by atoms with van der Waals surface area (Å²) in [4.78, 5) is 14.4.